The molecule has 1 aliphatic rings. The first kappa shape index (κ1) is 22.3. The van der Waals surface area contributed by atoms with Crippen LogP contribution in [-0.2, 0) is 4.79 Å². The van der Waals surface area contributed by atoms with Crippen molar-refractivity contribution in [2.75, 3.05) is 25.3 Å². The van der Waals surface area contributed by atoms with Crippen molar-refractivity contribution in [1.82, 2.24) is 19.3 Å². The molecule has 1 amide bonds. The van der Waals surface area contributed by atoms with E-state index in [0.717, 1.165) is 0 Å². The summed E-state index contributed by atoms with van der Waals surface area (Å²) in [6.07, 6.45) is 1.63. The highest BCUT2D eigenvalue weighted by molar-refractivity contribution is 7.99. The molecule has 34 heavy (non-hydrogen) atoms. The van der Waals surface area contributed by atoms with E-state index in [1.54, 1.807) is 46.7 Å². The van der Waals surface area contributed by atoms with Gasteiger partial charge in [0.25, 0.3) is 5.56 Å². The second kappa shape index (κ2) is 9.03. The molecule has 0 fully saturated rings. The Labute approximate surface area is 203 Å². The average molecular weight is 498 g/mol. The molecule has 3 heterocycles. The molecule has 0 bridgehead atoms. The predicted octanol–water partition coefficient (Wildman–Crippen LogP) is 3.93. The third kappa shape index (κ3) is 3.99. The van der Waals surface area contributed by atoms with Crippen LogP contribution in [0.4, 0.5) is 5.69 Å². The summed E-state index contributed by atoms with van der Waals surface area (Å²) in [5.74, 6) is 1.44. The molecule has 2 aromatic carbocycles. The molecule has 2 aromatic heterocycles. The van der Waals surface area contributed by atoms with Crippen LogP contribution >= 0.6 is 23.4 Å². The predicted molar refractivity (Wildman–Crippen MR) is 131 cm³/mol. The monoisotopic (exact) mass is 497 g/mol. The zero-order chi connectivity index (χ0) is 23.8. The van der Waals surface area contributed by atoms with Gasteiger partial charge in [-0.25, -0.2) is 9.67 Å². The van der Waals surface area contributed by atoms with Gasteiger partial charge in [0.15, 0.2) is 22.3 Å². The second-order valence-corrected chi connectivity index (χ2v) is 9.05. The fraction of sp³-hybridized carbons (Fsp3) is 0.217. The molecule has 0 radical (unpaired) electrons. The third-order valence-corrected chi connectivity index (χ3v) is 6.84. The second-order valence-electron chi connectivity index (χ2n) is 7.63. The smallest absolute Gasteiger partial charge is 0.265 e. The fourth-order valence-corrected chi connectivity index (χ4v) is 5.23. The number of ether oxygens (including phenoxy) is 2. The number of rotatable bonds is 6. The van der Waals surface area contributed by atoms with Gasteiger partial charge >= 0.3 is 0 Å². The zero-order valence-electron chi connectivity index (χ0n) is 18.3. The lowest BCUT2D eigenvalue weighted by Crippen LogP contribution is -2.27. The average Bonchev–Trinajstić information content (AvgIpc) is 3.44. The number of nitrogens with one attached hydrogen (secondary N) is 1. The Balaban J connectivity index is 1.40. The Morgan fingerprint density at radius 3 is 2.79 bits per heavy atom. The normalized spacial score (nSPS) is 14.7. The van der Waals surface area contributed by atoms with E-state index in [2.05, 4.69) is 15.4 Å². The van der Waals surface area contributed by atoms with Crippen LogP contribution in [0.15, 0.2) is 58.6 Å². The molecule has 1 unspecified atom stereocenters. The standard InChI is InChI=1S/C23H20ClN5O4S/c1-32-18-7-6-14(9-19(18)33-2)26-20(30)10-16-12-34-23-27-21-17(22(31)28(16)23)11-25-29(21)15-5-3-4-13(24)8-15/h3-9,11,16H,10,12H2,1-2H3,(H,26,30). The Hall–Kier alpha value is -3.50. The van der Waals surface area contributed by atoms with E-state index in [-0.39, 0.29) is 23.9 Å². The van der Waals surface area contributed by atoms with Gasteiger partial charge in [-0.1, -0.05) is 29.4 Å². The lowest BCUT2D eigenvalue weighted by atomic mass is 10.2. The minimum Gasteiger partial charge on any atom is -0.493 e. The molecule has 4 aromatic rings. The van der Waals surface area contributed by atoms with Gasteiger partial charge in [-0.15, -0.1) is 0 Å². The van der Waals surface area contributed by atoms with E-state index in [1.165, 1.54) is 25.1 Å². The van der Waals surface area contributed by atoms with Crippen LogP contribution in [0.5, 0.6) is 11.5 Å². The molecular formula is C23H20ClN5O4S. The van der Waals surface area contributed by atoms with Gasteiger partial charge in [0.05, 0.1) is 32.1 Å². The first-order chi connectivity index (χ1) is 16.5. The van der Waals surface area contributed by atoms with E-state index in [9.17, 15) is 9.59 Å². The van der Waals surface area contributed by atoms with Crippen molar-refractivity contribution in [3.63, 3.8) is 0 Å². The summed E-state index contributed by atoms with van der Waals surface area (Å²) in [6.45, 7) is 0. The van der Waals surface area contributed by atoms with Crippen LogP contribution in [-0.4, -0.2) is 45.2 Å². The molecule has 174 valence electrons. The Kier molecular flexibility index (Phi) is 5.93. The quantitative estimate of drug-likeness (QED) is 0.403. The lowest BCUT2D eigenvalue weighted by Gasteiger charge is -2.14. The van der Waals surface area contributed by atoms with E-state index >= 15 is 0 Å². The van der Waals surface area contributed by atoms with Crippen molar-refractivity contribution in [2.45, 2.75) is 17.6 Å². The number of fused-ring (bicyclic) bond motifs is 2. The van der Waals surface area contributed by atoms with Crippen molar-refractivity contribution >= 4 is 46.0 Å². The number of benzene rings is 2. The zero-order valence-corrected chi connectivity index (χ0v) is 19.9. The highest BCUT2D eigenvalue weighted by atomic mass is 35.5. The van der Waals surface area contributed by atoms with Crippen LogP contribution < -0.4 is 20.3 Å². The number of methoxy groups -OCH3 is 2. The Bertz CT molecular complexity index is 1470. The van der Waals surface area contributed by atoms with E-state index in [0.29, 0.717) is 49.8 Å². The van der Waals surface area contributed by atoms with Gasteiger partial charge in [0.1, 0.15) is 5.39 Å². The molecule has 0 aliphatic carbocycles. The number of hydrogen-bond acceptors (Lipinski definition) is 7. The molecule has 11 heteroatoms. The lowest BCUT2D eigenvalue weighted by molar-refractivity contribution is -0.116. The van der Waals surface area contributed by atoms with Gasteiger partial charge in [0.2, 0.25) is 5.91 Å². The van der Waals surface area contributed by atoms with E-state index in [1.807, 2.05) is 12.1 Å². The maximum Gasteiger partial charge on any atom is 0.265 e. The minimum absolute atomic E-state index is 0.129. The molecule has 9 nitrogen and oxygen atoms in total. The van der Waals surface area contributed by atoms with Gasteiger partial charge in [-0.05, 0) is 30.3 Å². The number of hydrogen-bond donors (Lipinski definition) is 1. The molecule has 5 rings (SSSR count). The molecule has 1 N–H and O–H groups in total. The molecule has 1 atom stereocenters. The van der Waals surface area contributed by atoms with Crippen molar-refractivity contribution in [3.05, 3.63) is 64.0 Å². The number of halogens is 1. The number of nitrogens with zero attached hydrogens (tertiary/aromatic N) is 4. The van der Waals surface area contributed by atoms with Gasteiger partial charge in [-0.2, -0.15) is 5.10 Å². The SMILES string of the molecule is COc1ccc(NC(=O)CC2CSc3nc4c(cnn4-c4cccc(Cl)c4)c(=O)n32)cc1OC. The molecule has 0 spiro atoms. The summed E-state index contributed by atoms with van der Waals surface area (Å²) in [5.41, 5.74) is 1.54. The number of thioether (sulfide) groups is 1. The summed E-state index contributed by atoms with van der Waals surface area (Å²) in [7, 11) is 3.08. The van der Waals surface area contributed by atoms with Crippen molar-refractivity contribution < 1.29 is 14.3 Å². The van der Waals surface area contributed by atoms with Gasteiger partial charge in [-0.3, -0.25) is 14.2 Å². The summed E-state index contributed by atoms with van der Waals surface area (Å²) in [4.78, 5) is 30.8. The number of carbonyl (C=O) groups is 1. The Morgan fingerprint density at radius 1 is 1.21 bits per heavy atom. The minimum atomic E-state index is -0.320. The third-order valence-electron chi connectivity index (χ3n) is 5.51. The van der Waals surface area contributed by atoms with Gasteiger partial charge in [0, 0.05) is 29.0 Å². The number of amides is 1. The first-order valence-electron chi connectivity index (χ1n) is 10.4. The molecule has 0 saturated heterocycles. The summed E-state index contributed by atoms with van der Waals surface area (Å²) in [5, 5.41) is 8.73. The maximum absolute atomic E-state index is 13.3. The number of aromatic nitrogens is 4. The topological polar surface area (TPSA) is 100 Å². The molecule has 0 saturated carbocycles. The summed E-state index contributed by atoms with van der Waals surface area (Å²) >= 11 is 7.56. The fourth-order valence-electron chi connectivity index (χ4n) is 3.92. The summed E-state index contributed by atoms with van der Waals surface area (Å²) in [6, 6.07) is 12.0. The molecular weight excluding hydrogens is 478 g/mol. The Morgan fingerprint density at radius 2 is 2.03 bits per heavy atom. The highest BCUT2D eigenvalue weighted by Crippen LogP contribution is 2.34. The maximum atomic E-state index is 13.3. The molecule has 1 aliphatic heterocycles. The van der Waals surface area contributed by atoms with Crippen LogP contribution in [0.3, 0.4) is 0 Å². The van der Waals surface area contributed by atoms with E-state index < -0.39 is 0 Å². The van der Waals surface area contributed by atoms with Crippen LogP contribution in [0.25, 0.3) is 16.7 Å². The van der Waals surface area contributed by atoms with Crippen molar-refractivity contribution in [3.8, 4) is 17.2 Å². The summed E-state index contributed by atoms with van der Waals surface area (Å²) < 4.78 is 13.7. The van der Waals surface area contributed by atoms with Gasteiger partial charge < -0.3 is 14.8 Å². The van der Waals surface area contributed by atoms with E-state index in [4.69, 9.17) is 21.1 Å². The highest BCUT2D eigenvalue weighted by Gasteiger charge is 2.29. The van der Waals surface area contributed by atoms with Crippen molar-refractivity contribution in [2.24, 2.45) is 0 Å². The number of carbonyl (C=O) groups excluding carboxylic acids is 1. The van der Waals surface area contributed by atoms with Crippen LogP contribution in [0.2, 0.25) is 5.02 Å². The van der Waals surface area contributed by atoms with Crippen molar-refractivity contribution in [1.29, 1.82) is 0 Å². The largest absolute Gasteiger partial charge is 0.493 e. The number of anilines is 1. The van der Waals surface area contributed by atoms with Crippen LogP contribution in [0, 0.1) is 0 Å². The first-order valence-corrected chi connectivity index (χ1v) is 11.8. The van der Waals surface area contributed by atoms with Crippen LogP contribution in [0.1, 0.15) is 12.5 Å².